The highest BCUT2D eigenvalue weighted by Gasteiger charge is 2.56. The molecule has 0 spiro atoms. The summed E-state index contributed by atoms with van der Waals surface area (Å²) in [5, 5.41) is 0. The fraction of sp³-hybridized carbons (Fsp3) is 0.444. The zero-order valence-electron chi connectivity index (χ0n) is 18.4. The predicted molar refractivity (Wildman–Crippen MR) is 119 cm³/mol. The van der Waals surface area contributed by atoms with E-state index in [0.29, 0.717) is 17.8 Å². The number of alkyl halides is 2. The van der Waals surface area contributed by atoms with Crippen LogP contribution in [0.3, 0.4) is 0 Å². The average Bonchev–Trinajstić information content (AvgIpc) is 3.04. The Hall–Kier alpha value is -2.69. The first-order chi connectivity index (χ1) is 15.4. The lowest BCUT2D eigenvalue weighted by Crippen LogP contribution is -2.42. The van der Waals surface area contributed by atoms with Crippen LogP contribution in [-0.4, -0.2) is 19.5 Å². The summed E-state index contributed by atoms with van der Waals surface area (Å²) in [6.45, 7) is -0.687. The molecule has 0 aliphatic heterocycles. The van der Waals surface area contributed by atoms with Crippen LogP contribution in [0.2, 0.25) is 0 Å². The number of hydrogen-bond acceptors (Lipinski definition) is 3. The second-order valence-electron chi connectivity index (χ2n) is 9.59. The molecule has 0 amide bonds. The summed E-state index contributed by atoms with van der Waals surface area (Å²) in [7, 11) is 1.71. The monoisotopic (exact) mass is 438 g/mol. The minimum atomic E-state index is -2.84. The highest BCUT2D eigenvalue weighted by Crippen LogP contribution is 2.60. The number of hydrogen-bond donors (Lipinski definition) is 0. The molecule has 3 aliphatic carbocycles. The first kappa shape index (κ1) is 21.2. The van der Waals surface area contributed by atoms with Crippen LogP contribution in [0.25, 0.3) is 6.08 Å². The van der Waals surface area contributed by atoms with E-state index >= 15 is 0 Å². The lowest BCUT2D eigenvalue weighted by atomic mass is 9.55. The number of benzene rings is 2. The standard InChI is InChI=1S/C27H28F2O3/c1-27-12-11-22-21-10-8-20(31-2)14-17(21)5-9-23(22)24(27)15-18(25(27)30)13-16-3-6-19(7-4-16)32-26(28)29/h3-4,6-8,10,13-14,22-24,26H,5,9,11-12,15H2,1-2H3/b18-13+/t22-,23-,24+,27+/m1/s1. The number of allylic oxidation sites excluding steroid dienone is 1. The van der Waals surface area contributed by atoms with Gasteiger partial charge in [-0.2, -0.15) is 8.78 Å². The van der Waals surface area contributed by atoms with Crippen LogP contribution in [0.5, 0.6) is 11.5 Å². The number of rotatable bonds is 4. The Balaban J connectivity index is 1.40. The molecule has 0 saturated heterocycles. The average molecular weight is 439 g/mol. The Labute approximate surface area is 187 Å². The molecule has 0 unspecified atom stereocenters. The van der Waals surface area contributed by atoms with Gasteiger partial charge in [-0.3, -0.25) is 4.79 Å². The summed E-state index contributed by atoms with van der Waals surface area (Å²) in [4.78, 5) is 13.5. The highest BCUT2D eigenvalue weighted by atomic mass is 19.3. The number of ether oxygens (including phenoxy) is 2. The van der Waals surface area contributed by atoms with Gasteiger partial charge in [-0.15, -0.1) is 0 Å². The topological polar surface area (TPSA) is 35.5 Å². The van der Waals surface area contributed by atoms with Crippen molar-refractivity contribution in [1.82, 2.24) is 0 Å². The van der Waals surface area contributed by atoms with Gasteiger partial charge in [0, 0.05) is 5.41 Å². The molecule has 0 bridgehead atoms. The van der Waals surface area contributed by atoms with E-state index < -0.39 is 6.61 Å². The Kier molecular flexibility index (Phi) is 5.31. The van der Waals surface area contributed by atoms with E-state index in [1.165, 1.54) is 23.3 Å². The maximum Gasteiger partial charge on any atom is 0.387 e. The van der Waals surface area contributed by atoms with Crippen molar-refractivity contribution in [1.29, 1.82) is 0 Å². The zero-order valence-corrected chi connectivity index (χ0v) is 18.4. The van der Waals surface area contributed by atoms with Gasteiger partial charge in [0.2, 0.25) is 0 Å². The summed E-state index contributed by atoms with van der Waals surface area (Å²) in [6, 6.07) is 13.0. The molecular formula is C27H28F2O3. The summed E-state index contributed by atoms with van der Waals surface area (Å²) in [5.41, 5.74) is 4.22. The molecule has 0 radical (unpaired) electrons. The maximum atomic E-state index is 13.5. The van der Waals surface area contributed by atoms with E-state index in [2.05, 4.69) is 29.9 Å². The summed E-state index contributed by atoms with van der Waals surface area (Å²) >= 11 is 0. The minimum absolute atomic E-state index is 0.126. The molecule has 2 saturated carbocycles. The molecule has 168 valence electrons. The highest BCUT2D eigenvalue weighted by molar-refractivity contribution is 6.06. The van der Waals surface area contributed by atoms with Gasteiger partial charge in [-0.1, -0.05) is 25.1 Å². The molecule has 0 aromatic heterocycles. The van der Waals surface area contributed by atoms with Gasteiger partial charge >= 0.3 is 6.61 Å². The number of ketones is 1. The molecule has 5 rings (SSSR count). The third-order valence-electron chi connectivity index (χ3n) is 8.02. The molecule has 3 nitrogen and oxygen atoms in total. The van der Waals surface area contributed by atoms with Crippen molar-refractivity contribution in [2.75, 3.05) is 7.11 Å². The molecule has 5 heteroatoms. The third kappa shape index (κ3) is 3.52. The smallest absolute Gasteiger partial charge is 0.387 e. The van der Waals surface area contributed by atoms with Gasteiger partial charge in [0.15, 0.2) is 5.78 Å². The van der Waals surface area contributed by atoms with Gasteiger partial charge in [0.05, 0.1) is 7.11 Å². The summed E-state index contributed by atoms with van der Waals surface area (Å²) < 4.78 is 34.6. The Morgan fingerprint density at radius 3 is 2.56 bits per heavy atom. The van der Waals surface area contributed by atoms with Crippen LogP contribution in [0.15, 0.2) is 48.0 Å². The molecule has 4 atom stereocenters. The molecule has 2 aromatic rings. The van der Waals surface area contributed by atoms with E-state index in [4.69, 9.17) is 4.74 Å². The van der Waals surface area contributed by atoms with Crippen LogP contribution in [0.1, 0.15) is 55.2 Å². The van der Waals surface area contributed by atoms with E-state index in [1.54, 1.807) is 19.2 Å². The lowest BCUT2D eigenvalue weighted by Gasteiger charge is -2.48. The second kappa shape index (κ2) is 8.02. The SMILES string of the molecule is COc1ccc2c(c1)CC[C@@H]1[C@@H]2CC[C@]2(C)C(=O)/C(=C/c3ccc(OC(F)F)cc3)C[C@@H]12. The number of methoxy groups -OCH3 is 1. The van der Waals surface area contributed by atoms with Gasteiger partial charge in [0.1, 0.15) is 11.5 Å². The normalized spacial score (nSPS) is 30.1. The molecular weight excluding hydrogens is 410 g/mol. The fourth-order valence-corrected chi connectivity index (χ4v) is 6.43. The van der Waals surface area contributed by atoms with Crippen molar-refractivity contribution >= 4 is 11.9 Å². The second-order valence-corrected chi connectivity index (χ2v) is 9.59. The number of aryl methyl sites for hydroxylation is 1. The number of halogens is 2. The van der Waals surface area contributed by atoms with Crippen LogP contribution in [0.4, 0.5) is 8.78 Å². The first-order valence-electron chi connectivity index (χ1n) is 11.4. The Morgan fingerprint density at radius 2 is 1.84 bits per heavy atom. The van der Waals surface area contributed by atoms with Gasteiger partial charge in [-0.25, -0.2) is 0 Å². The lowest BCUT2D eigenvalue weighted by molar-refractivity contribution is -0.127. The van der Waals surface area contributed by atoms with Gasteiger partial charge in [-0.05, 0) is 102 Å². The fourth-order valence-electron chi connectivity index (χ4n) is 6.43. The largest absolute Gasteiger partial charge is 0.497 e. The summed E-state index contributed by atoms with van der Waals surface area (Å²) in [6.07, 6.45) is 6.80. The van der Waals surface area contributed by atoms with Gasteiger partial charge < -0.3 is 9.47 Å². The quantitative estimate of drug-likeness (QED) is 0.517. The minimum Gasteiger partial charge on any atom is -0.497 e. The first-order valence-corrected chi connectivity index (χ1v) is 11.4. The van der Waals surface area contributed by atoms with Crippen LogP contribution in [-0.2, 0) is 11.2 Å². The van der Waals surface area contributed by atoms with Crippen LogP contribution < -0.4 is 9.47 Å². The molecule has 2 fully saturated rings. The Bertz CT molecular complexity index is 1060. The van der Waals surface area contributed by atoms with Crippen LogP contribution >= 0.6 is 0 Å². The van der Waals surface area contributed by atoms with E-state index in [9.17, 15) is 13.6 Å². The van der Waals surface area contributed by atoms with Crippen molar-refractivity contribution in [3.8, 4) is 11.5 Å². The van der Waals surface area contributed by atoms with E-state index in [0.717, 1.165) is 49.0 Å². The predicted octanol–water partition coefficient (Wildman–Crippen LogP) is 6.42. The molecule has 32 heavy (non-hydrogen) atoms. The number of Topliss-reactive ketones (excluding diaryl/α,β-unsaturated/α-hetero) is 1. The summed E-state index contributed by atoms with van der Waals surface area (Å²) in [5.74, 6) is 2.65. The van der Waals surface area contributed by atoms with Crippen molar-refractivity contribution in [3.63, 3.8) is 0 Å². The third-order valence-corrected chi connectivity index (χ3v) is 8.02. The molecule has 0 N–H and O–H groups in total. The van der Waals surface area contributed by atoms with Crippen molar-refractivity contribution in [2.45, 2.75) is 51.6 Å². The number of carbonyl (C=O) groups excluding carboxylic acids is 1. The van der Waals surface area contributed by atoms with E-state index in [1.807, 2.05) is 6.08 Å². The number of fused-ring (bicyclic) bond motifs is 5. The number of carbonyl (C=O) groups is 1. The Morgan fingerprint density at radius 1 is 1.09 bits per heavy atom. The van der Waals surface area contributed by atoms with Crippen molar-refractivity contribution in [3.05, 3.63) is 64.7 Å². The molecule has 2 aromatic carbocycles. The maximum absolute atomic E-state index is 13.5. The molecule has 0 heterocycles. The van der Waals surface area contributed by atoms with Crippen molar-refractivity contribution in [2.24, 2.45) is 17.3 Å². The van der Waals surface area contributed by atoms with Gasteiger partial charge in [0.25, 0.3) is 0 Å². The van der Waals surface area contributed by atoms with Crippen molar-refractivity contribution < 1.29 is 23.0 Å². The molecule has 3 aliphatic rings. The van der Waals surface area contributed by atoms with E-state index in [-0.39, 0.29) is 16.9 Å². The zero-order chi connectivity index (χ0) is 22.5. The van der Waals surface area contributed by atoms with Crippen LogP contribution in [0, 0.1) is 17.3 Å².